The van der Waals surface area contributed by atoms with Crippen molar-refractivity contribution in [3.8, 4) is 0 Å². The minimum absolute atomic E-state index is 0.0352. The highest BCUT2D eigenvalue weighted by Gasteiger charge is 2.18. The summed E-state index contributed by atoms with van der Waals surface area (Å²) < 4.78 is 10.6. The molecule has 0 radical (unpaired) electrons. The molecule has 0 aromatic heterocycles. The van der Waals surface area contributed by atoms with Crippen molar-refractivity contribution in [3.63, 3.8) is 0 Å². The quantitative estimate of drug-likeness (QED) is 0.328. The van der Waals surface area contributed by atoms with Crippen LogP contribution in [0.25, 0.3) is 0 Å². The van der Waals surface area contributed by atoms with Crippen LogP contribution in [-0.4, -0.2) is 24.0 Å². The van der Waals surface area contributed by atoms with Crippen LogP contribution in [0.15, 0.2) is 59.8 Å². The SMILES string of the molecule is COC(CCC(=NO)C(=O)OCc1ccccc1)c1ccc(Cl)cc1. The molecular formula is C19H20ClNO4. The Morgan fingerprint density at radius 1 is 1.16 bits per heavy atom. The molecule has 0 bridgehead atoms. The highest BCUT2D eigenvalue weighted by Crippen LogP contribution is 2.24. The smallest absolute Gasteiger partial charge is 0.356 e. The van der Waals surface area contributed by atoms with E-state index < -0.39 is 5.97 Å². The van der Waals surface area contributed by atoms with Gasteiger partial charge >= 0.3 is 5.97 Å². The van der Waals surface area contributed by atoms with Gasteiger partial charge < -0.3 is 14.7 Å². The molecule has 0 saturated heterocycles. The van der Waals surface area contributed by atoms with E-state index in [1.807, 2.05) is 42.5 Å². The molecule has 0 aliphatic heterocycles. The van der Waals surface area contributed by atoms with Gasteiger partial charge in [-0.3, -0.25) is 0 Å². The second kappa shape index (κ2) is 9.81. The fraction of sp³-hybridized carbons (Fsp3) is 0.263. The van der Waals surface area contributed by atoms with Crippen molar-refractivity contribution in [3.05, 3.63) is 70.7 Å². The van der Waals surface area contributed by atoms with E-state index in [4.69, 9.17) is 26.3 Å². The summed E-state index contributed by atoms with van der Waals surface area (Å²) in [6.07, 6.45) is 0.458. The molecule has 0 aliphatic rings. The predicted octanol–water partition coefficient (Wildman–Crippen LogP) is 4.38. The van der Waals surface area contributed by atoms with E-state index >= 15 is 0 Å². The van der Waals surface area contributed by atoms with Crippen LogP contribution in [0.4, 0.5) is 0 Å². The Bertz CT molecular complexity index is 701. The van der Waals surface area contributed by atoms with Gasteiger partial charge in [0.2, 0.25) is 0 Å². The van der Waals surface area contributed by atoms with Crippen LogP contribution in [0.5, 0.6) is 0 Å². The van der Waals surface area contributed by atoms with Gasteiger partial charge in [0.1, 0.15) is 6.61 Å². The topological polar surface area (TPSA) is 68.1 Å². The van der Waals surface area contributed by atoms with Gasteiger partial charge in [0.05, 0.1) is 6.10 Å². The molecule has 0 amide bonds. The lowest BCUT2D eigenvalue weighted by molar-refractivity contribution is -0.137. The Hall–Kier alpha value is -2.37. The molecule has 0 saturated carbocycles. The molecule has 2 rings (SSSR count). The first-order chi connectivity index (χ1) is 12.1. The number of hydrogen-bond donors (Lipinski definition) is 1. The maximum Gasteiger partial charge on any atom is 0.356 e. The van der Waals surface area contributed by atoms with E-state index in [9.17, 15) is 4.79 Å². The number of benzene rings is 2. The molecule has 2 aromatic rings. The summed E-state index contributed by atoms with van der Waals surface area (Å²) >= 11 is 5.88. The largest absolute Gasteiger partial charge is 0.456 e. The molecular weight excluding hydrogens is 342 g/mol. The number of methoxy groups -OCH3 is 1. The maximum absolute atomic E-state index is 12.1. The number of oxime groups is 1. The number of halogens is 1. The zero-order valence-corrected chi connectivity index (χ0v) is 14.6. The summed E-state index contributed by atoms with van der Waals surface area (Å²) in [6.45, 7) is 0.129. The lowest BCUT2D eigenvalue weighted by atomic mass is 10.0. The molecule has 25 heavy (non-hydrogen) atoms. The zero-order chi connectivity index (χ0) is 18.1. The Morgan fingerprint density at radius 3 is 2.44 bits per heavy atom. The average Bonchev–Trinajstić information content (AvgIpc) is 2.65. The molecule has 6 heteroatoms. The van der Waals surface area contributed by atoms with Crippen molar-refractivity contribution in [2.24, 2.45) is 5.16 Å². The number of carbonyl (C=O) groups is 1. The van der Waals surface area contributed by atoms with Gasteiger partial charge in [0, 0.05) is 18.6 Å². The van der Waals surface area contributed by atoms with E-state index in [0.29, 0.717) is 11.4 Å². The minimum atomic E-state index is -0.641. The van der Waals surface area contributed by atoms with E-state index in [2.05, 4.69) is 5.16 Å². The molecule has 1 atom stereocenters. The molecule has 0 heterocycles. The van der Waals surface area contributed by atoms with Gasteiger partial charge in [-0.15, -0.1) is 0 Å². The van der Waals surface area contributed by atoms with Crippen molar-refractivity contribution in [2.45, 2.75) is 25.6 Å². The molecule has 1 N–H and O–H groups in total. The van der Waals surface area contributed by atoms with E-state index in [1.54, 1.807) is 19.2 Å². The summed E-state index contributed by atoms with van der Waals surface area (Å²) in [5.41, 5.74) is 1.76. The van der Waals surface area contributed by atoms with Gasteiger partial charge in [-0.1, -0.05) is 59.2 Å². The average molecular weight is 362 g/mol. The third-order valence-corrected chi connectivity index (χ3v) is 3.99. The van der Waals surface area contributed by atoms with Gasteiger partial charge in [0.15, 0.2) is 5.71 Å². The fourth-order valence-corrected chi connectivity index (χ4v) is 2.49. The number of carbonyl (C=O) groups excluding carboxylic acids is 1. The number of hydrogen-bond acceptors (Lipinski definition) is 5. The number of rotatable bonds is 8. The molecule has 1 unspecified atom stereocenters. The van der Waals surface area contributed by atoms with Crippen LogP contribution in [0.2, 0.25) is 5.02 Å². The third-order valence-electron chi connectivity index (χ3n) is 3.74. The van der Waals surface area contributed by atoms with Crippen molar-refractivity contribution in [1.82, 2.24) is 0 Å². The van der Waals surface area contributed by atoms with Crippen molar-refractivity contribution >= 4 is 23.3 Å². The van der Waals surface area contributed by atoms with Gasteiger partial charge in [0.25, 0.3) is 0 Å². The summed E-state index contributed by atoms with van der Waals surface area (Å²) in [7, 11) is 1.59. The molecule has 2 aromatic carbocycles. The normalized spacial score (nSPS) is 12.6. The molecule has 5 nitrogen and oxygen atoms in total. The second-order valence-electron chi connectivity index (χ2n) is 5.42. The maximum atomic E-state index is 12.1. The fourth-order valence-electron chi connectivity index (χ4n) is 2.37. The Balaban J connectivity index is 1.89. The lowest BCUT2D eigenvalue weighted by Crippen LogP contribution is -2.19. The molecule has 0 spiro atoms. The number of ether oxygens (including phenoxy) is 2. The Kier molecular flexibility index (Phi) is 7.44. The summed E-state index contributed by atoms with van der Waals surface area (Å²) in [6, 6.07) is 16.6. The van der Waals surface area contributed by atoms with Crippen molar-refractivity contribution < 1.29 is 19.5 Å². The van der Waals surface area contributed by atoms with Crippen LogP contribution < -0.4 is 0 Å². The van der Waals surface area contributed by atoms with Crippen LogP contribution in [0.3, 0.4) is 0 Å². The highest BCUT2D eigenvalue weighted by atomic mass is 35.5. The zero-order valence-electron chi connectivity index (χ0n) is 13.9. The van der Waals surface area contributed by atoms with Crippen LogP contribution in [0.1, 0.15) is 30.1 Å². The predicted molar refractivity (Wildman–Crippen MR) is 95.9 cm³/mol. The second-order valence-corrected chi connectivity index (χ2v) is 5.86. The first-order valence-electron chi connectivity index (χ1n) is 7.84. The Labute approximate surface area is 151 Å². The third kappa shape index (κ3) is 5.89. The van der Waals surface area contributed by atoms with Gasteiger partial charge in [-0.25, -0.2) is 4.79 Å². The van der Waals surface area contributed by atoms with E-state index in [1.165, 1.54) is 0 Å². The van der Waals surface area contributed by atoms with E-state index in [0.717, 1.165) is 11.1 Å². The molecule has 132 valence electrons. The summed E-state index contributed by atoms with van der Waals surface area (Å²) in [5.74, 6) is -0.641. The van der Waals surface area contributed by atoms with Crippen LogP contribution >= 0.6 is 11.6 Å². The lowest BCUT2D eigenvalue weighted by Gasteiger charge is -2.16. The van der Waals surface area contributed by atoms with Crippen LogP contribution in [0, 0.1) is 0 Å². The standard InChI is InChI=1S/C19H20ClNO4/c1-24-18(15-7-9-16(20)10-8-15)12-11-17(21-23)19(22)25-13-14-5-3-2-4-6-14/h2-10,18,23H,11-13H2,1H3. The first kappa shape index (κ1) is 19.0. The monoisotopic (exact) mass is 361 g/mol. The summed E-state index contributed by atoms with van der Waals surface area (Å²) in [5, 5.41) is 12.8. The van der Waals surface area contributed by atoms with Gasteiger partial charge in [-0.05, 0) is 29.7 Å². The van der Waals surface area contributed by atoms with Gasteiger partial charge in [-0.2, -0.15) is 0 Å². The van der Waals surface area contributed by atoms with Crippen LogP contribution in [-0.2, 0) is 20.9 Å². The first-order valence-corrected chi connectivity index (χ1v) is 8.22. The van der Waals surface area contributed by atoms with Crippen molar-refractivity contribution in [2.75, 3.05) is 7.11 Å². The number of nitrogens with zero attached hydrogens (tertiary/aromatic N) is 1. The van der Waals surface area contributed by atoms with Crippen molar-refractivity contribution in [1.29, 1.82) is 0 Å². The molecule has 0 fully saturated rings. The Morgan fingerprint density at radius 2 is 1.84 bits per heavy atom. The van der Waals surface area contributed by atoms with E-state index in [-0.39, 0.29) is 24.8 Å². The minimum Gasteiger partial charge on any atom is -0.456 e. The molecule has 0 aliphatic carbocycles. The summed E-state index contributed by atoms with van der Waals surface area (Å²) in [4.78, 5) is 12.1. The number of esters is 1. The highest BCUT2D eigenvalue weighted by molar-refractivity contribution is 6.36.